The monoisotopic (exact) mass is 259 g/mol. The molecule has 19 heavy (non-hydrogen) atoms. The maximum absolute atomic E-state index is 12.0. The van der Waals surface area contributed by atoms with Crippen LogP contribution in [0, 0.1) is 0 Å². The maximum Gasteiger partial charge on any atom is 0.327 e. The van der Waals surface area contributed by atoms with Crippen molar-refractivity contribution in [3.05, 3.63) is 47.8 Å². The van der Waals surface area contributed by atoms with Crippen LogP contribution in [0.15, 0.2) is 36.5 Å². The molecule has 1 heterocycles. The molecule has 0 fully saturated rings. The zero-order valence-corrected chi connectivity index (χ0v) is 10.4. The highest BCUT2D eigenvalue weighted by atomic mass is 16.5. The van der Waals surface area contributed by atoms with E-state index >= 15 is 0 Å². The molecule has 6 heteroatoms. The van der Waals surface area contributed by atoms with Gasteiger partial charge in [0.1, 0.15) is 6.54 Å². The first-order valence-corrected chi connectivity index (χ1v) is 5.86. The Morgan fingerprint density at radius 3 is 2.68 bits per heavy atom. The largest absolute Gasteiger partial charge is 0.465 e. The summed E-state index contributed by atoms with van der Waals surface area (Å²) in [7, 11) is 0. The molecule has 0 bridgehead atoms. The maximum atomic E-state index is 12.0. The number of nitrogens with zero attached hydrogens (tertiary/aromatic N) is 3. The number of ketones is 1. The molecule has 1 aromatic carbocycles. The van der Waals surface area contributed by atoms with E-state index in [0.717, 1.165) is 0 Å². The lowest BCUT2D eigenvalue weighted by molar-refractivity contribution is -0.144. The summed E-state index contributed by atoms with van der Waals surface area (Å²) in [5.74, 6) is -0.637. The molecule has 98 valence electrons. The normalized spacial score (nSPS) is 10.2. The van der Waals surface area contributed by atoms with E-state index in [1.54, 1.807) is 31.2 Å². The molecule has 0 aliphatic heterocycles. The van der Waals surface area contributed by atoms with Crippen LogP contribution in [0.5, 0.6) is 0 Å². The van der Waals surface area contributed by atoms with Crippen molar-refractivity contribution in [3.63, 3.8) is 0 Å². The lowest BCUT2D eigenvalue weighted by Gasteiger charge is -1.99. The number of carbonyl (C=O) groups is 2. The molecular weight excluding hydrogens is 246 g/mol. The molecule has 0 amide bonds. The Balaban J connectivity index is 2.09. The number of ether oxygens (including phenoxy) is 1. The van der Waals surface area contributed by atoms with Gasteiger partial charge >= 0.3 is 5.97 Å². The van der Waals surface area contributed by atoms with E-state index in [4.69, 9.17) is 4.74 Å². The first kappa shape index (κ1) is 12.9. The number of rotatable bonds is 5. The van der Waals surface area contributed by atoms with E-state index in [-0.39, 0.29) is 18.0 Å². The van der Waals surface area contributed by atoms with E-state index in [1.807, 2.05) is 6.07 Å². The molecule has 2 aromatic rings. The lowest BCUT2D eigenvalue weighted by Crippen LogP contribution is -2.13. The van der Waals surface area contributed by atoms with Crippen LogP contribution in [-0.2, 0) is 16.1 Å². The average Bonchev–Trinajstić information content (AvgIpc) is 2.87. The minimum atomic E-state index is -0.411. The quantitative estimate of drug-likeness (QED) is 0.593. The SMILES string of the molecule is CCOC(=O)Cn1cc(C(=O)c2ccccc2)nn1. The summed E-state index contributed by atoms with van der Waals surface area (Å²) in [5, 5.41) is 7.49. The molecular formula is C13H13N3O3. The van der Waals surface area contributed by atoms with Crippen molar-refractivity contribution in [2.24, 2.45) is 0 Å². The first-order valence-electron chi connectivity index (χ1n) is 5.86. The van der Waals surface area contributed by atoms with Gasteiger partial charge in [-0.05, 0) is 6.92 Å². The molecule has 0 atom stereocenters. The van der Waals surface area contributed by atoms with Gasteiger partial charge in [-0.1, -0.05) is 35.5 Å². The number of esters is 1. The Morgan fingerprint density at radius 2 is 2.00 bits per heavy atom. The van der Waals surface area contributed by atoms with Crippen molar-refractivity contribution < 1.29 is 14.3 Å². The van der Waals surface area contributed by atoms with Crippen LogP contribution in [0.2, 0.25) is 0 Å². The second-order valence-electron chi connectivity index (χ2n) is 3.80. The lowest BCUT2D eigenvalue weighted by atomic mass is 10.1. The highest BCUT2D eigenvalue weighted by Crippen LogP contribution is 2.06. The summed E-state index contributed by atoms with van der Waals surface area (Å²) in [4.78, 5) is 23.3. The fourth-order valence-corrected chi connectivity index (χ4v) is 1.56. The predicted octanol–water partition coefficient (Wildman–Crippen LogP) is 1.07. The van der Waals surface area contributed by atoms with Crippen molar-refractivity contribution >= 4 is 11.8 Å². The summed E-state index contributed by atoms with van der Waals surface area (Å²) < 4.78 is 6.07. The third kappa shape index (κ3) is 3.25. The smallest absolute Gasteiger partial charge is 0.327 e. The third-order valence-electron chi connectivity index (χ3n) is 2.40. The van der Waals surface area contributed by atoms with Gasteiger partial charge in [0.15, 0.2) is 5.69 Å². The zero-order chi connectivity index (χ0) is 13.7. The molecule has 1 aromatic heterocycles. The van der Waals surface area contributed by atoms with Crippen LogP contribution in [-0.4, -0.2) is 33.4 Å². The van der Waals surface area contributed by atoms with Crippen LogP contribution in [0.25, 0.3) is 0 Å². The topological polar surface area (TPSA) is 74.1 Å². The van der Waals surface area contributed by atoms with Gasteiger partial charge in [-0.25, -0.2) is 4.68 Å². The summed E-state index contributed by atoms with van der Waals surface area (Å²) >= 11 is 0. The van der Waals surface area contributed by atoms with Crippen LogP contribution in [0.4, 0.5) is 0 Å². The Morgan fingerprint density at radius 1 is 1.26 bits per heavy atom. The van der Waals surface area contributed by atoms with Gasteiger partial charge in [0.25, 0.3) is 0 Å². The van der Waals surface area contributed by atoms with E-state index in [9.17, 15) is 9.59 Å². The van der Waals surface area contributed by atoms with Crippen molar-refractivity contribution in [2.45, 2.75) is 13.5 Å². The number of aromatic nitrogens is 3. The Kier molecular flexibility index (Phi) is 4.02. The number of hydrogen-bond donors (Lipinski definition) is 0. The Hall–Kier alpha value is -2.50. The second-order valence-corrected chi connectivity index (χ2v) is 3.80. The first-order chi connectivity index (χ1) is 9.20. The van der Waals surface area contributed by atoms with Gasteiger partial charge in [0.05, 0.1) is 12.8 Å². The third-order valence-corrected chi connectivity index (χ3v) is 2.40. The van der Waals surface area contributed by atoms with Gasteiger partial charge in [-0.15, -0.1) is 5.10 Å². The number of carbonyl (C=O) groups excluding carboxylic acids is 2. The van der Waals surface area contributed by atoms with Crippen LogP contribution in [0.3, 0.4) is 0 Å². The van der Waals surface area contributed by atoms with E-state index < -0.39 is 5.97 Å². The van der Waals surface area contributed by atoms with Gasteiger partial charge in [-0.3, -0.25) is 9.59 Å². The fourth-order valence-electron chi connectivity index (χ4n) is 1.56. The van der Waals surface area contributed by atoms with Gasteiger partial charge < -0.3 is 4.74 Å². The molecule has 0 spiro atoms. The second kappa shape index (κ2) is 5.90. The molecule has 0 saturated carbocycles. The van der Waals surface area contributed by atoms with Crippen molar-refractivity contribution in [1.29, 1.82) is 0 Å². The minimum Gasteiger partial charge on any atom is -0.465 e. The highest BCUT2D eigenvalue weighted by molar-refractivity contribution is 6.07. The van der Waals surface area contributed by atoms with Gasteiger partial charge in [0.2, 0.25) is 5.78 Å². The molecule has 0 N–H and O–H groups in total. The average molecular weight is 259 g/mol. The molecule has 0 aliphatic rings. The zero-order valence-electron chi connectivity index (χ0n) is 10.4. The van der Waals surface area contributed by atoms with E-state index in [2.05, 4.69) is 10.3 Å². The van der Waals surface area contributed by atoms with E-state index in [1.165, 1.54) is 10.9 Å². The van der Waals surface area contributed by atoms with Gasteiger partial charge in [-0.2, -0.15) is 0 Å². The van der Waals surface area contributed by atoms with Crippen LogP contribution >= 0.6 is 0 Å². The summed E-state index contributed by atoms with van der Waals surface area (Å²) in [6.45, 7) is 1.98. The molecule has 6 nitrogen and oxygen atoms in total. The van der Waals surface area contributed by atoms with Crippen LogP contribution in [0.1, 0.15) is 23.0 Å². The molecule has 0 unspecified atom stereocenters. The van der Waals surface area contributed by atoms with Crippen molar-refractivity contribution in [3.8, 4) is 0 Å². The fraction of sp³-hybridized carbons (Fsp3) is 0.231. The molecule has 0 aliphatic carbocycles. The minimum absolute atomic E-state index is 0.0527. The van der Waals surface area contributed by atoms with E-state index in [0.29, 0.717) is 12.2 Å². The molecule has 0 radical (unpaired) electrons. The summed E-state index contributed by atoms with van der Waals surface area (Å²) in [6, 6.07) is 8.78. The van der Waals surface area contributed by atoms with Gasteiger partial charge in [0, 0.05) is 5.56 Å². The molecule has 2 rings (SSSR count). The summed E-state index contributed by atoms with van der Waals surface area (Å²) in [6.07, 6.45) is 1.44. The summed E-state index contributed by atoms with van der Waals surface area (Å²) in [5.41, 5.74) is 0.737. The standard InChI is InChI=1S/C13H13N3O3/c1-2-19-12(17)9-16-8-11(14-15-16)13(18)10-6-4-3-5-7-10/h3-8H,2,9H2,1H3. The Labute approximate surface area is 110 Å². The number of hydrogen-bond acceptors (Lipinski definition) is 5. The number of benzene rings is 1. The highest BCUT2D eigenvalue weighted by Gasteiger charge is 2.14. The van der Waals surface area contributed by atoms with Crippen LogP contribution < -0.4 is 0 Å². The van der Waals surface area contributed by atoms with Crippen molar-refractivity contribution in [1.82, 2.24) is 15.0 Å². The molecule has 0 saturated heterocycles. The van der Waals surface area contributed by atoms with Crippen molar-refractivity contribution in [2.75, 3.05) is 6.61 Å². The predicted molar refractivity (Wildman–Crippen MR) is 66.5 cm³/mol. The Bertz CT molecular complexity index is 578.